The molecule has 3 fully saturated rings. The number of likely N-dealkylation sites (tertiary alicyclic amines) is 1. The van der Waals surface area contributed by atoms with Crippen molar-refractivity contribution in [3.63, 3.8) is 0 Å². The highest BCUT2D eigenvalue weighted by molar-refractivity contribution is 5.95. The molecule has 3 heterocycles. The number of piperidine rings is 1. The average molecular weight is 643 g/mol. The maximum Gasteiger partial charge on any atom is 0.303 e. The monoisotopic (exact) mass is 642 g/mol. The van der Waals surface area contributed by atoms with E-state index in [2.05, 4.69) is 32.6 Å². The van der Waals surface area contributed by atoms with Gasteiger partial charge in [0.05, 0.1) is 25.5 Å². The fourth-order valence-electron chi connectivity index (χ4n) is 6.77. The summed E-state index contributed by atoms with van der Waals surface area (Å²) in [6, 6.07) is 25.1. The van der Waals surface area contributed by atoms with Crippen LogP contribution in [0.15, 0.2) is 78.9 Å². The smallest absolute Gasteiger partial charge is 0.303 e. The molecule has 4 atom stereocenters. The van der Waals surface area contributed by atoms with Crippen molar-refractivity contribution in [2.75, 3.05) is 36.5 Å². The maximum absolute atomic E-state index is 13.2. The van der Waals surface area contributed by atoms with E-state index < -0.39 is 29.8 Å². The molecule has 0 bridgehead atoms. The number of hydrogen-bond donors (Lipinski definition) is 3. The van der Waals surface area contributed by atoms with Gasteiger partial charge in [-0.2, -0.15) is 0 Å². The first-order chi connectivity index (χ1) is 22.7. The Bertz CT molecular complexity index is 1560. The summed E-state index contributed by atoms with van der Waals surface area (Å²) in [4.78, 5) is 41.7. The molecule has 47 heavy (non-hydrogen) atoms. The van der Waals surface area contributed by atoms with Crippen LogP contribution in [-0.4, -0.2) is 71.8 Å². The topological polar surface area (TPSA) is 130 Å². The van der Waals surface area contributed by atoms with Gasteiger partial charge in [0.15, 0.2) is 12.4 Å². The van der Waals surface area contributed by atoms with Crippen molar-refractivity contribution in [3.05, 3.63) is 95.6 Å². The van der Waals surface area contributed by atoms with Gasteiger partial charge in [-0.15, -0.1) is 0 Å². The van der Waals surface area contributed by atoms with Gasteiger partial charge in [-0.1, -0.05) is 54.6 Å². The molecule has 0 unspecified atom stereocenters. The highest BCUT2D eigenvalue weighted by atomic mass is 16.7. The molecule has 0 aromatic heterocycles. The van der Waals surface area contributed by atoms with E-state index in [9.17, 15) is 19.5 Å². The van der Waals surface area contributed by atoms with Gasteiger partial charge in [0.25, 0.3) is 5.91 Å². The number of carbonyl (C=O) groups is 3. The number of aliphatic hydroxyl groups excluding tert-OH is 1. The van der Waals surface area contributed by atoms with Gasteiger partial charge in [-0.3, -0.25) is 14.4 Å². The van der Waals surface area contributed by atoms with Crippen LogP contribution in [0.4, 0.5) is 11.4 Å². The number of anilines is 2. The second-order valence-corrected chi connectivity index (χ2v) is 12.5. The first-order valence-corrected chi connectivity index (χ1v) is 16.2. The summed E-state index contributed by atoms with van der Waals surface area (Å²) in [6.45, 7) is 5.42. The Balaban J connectivity index is 1.17. The lowest BCUT2D eigenvalue weighted by molar-refractivity contribution is -0.253. The van der Waals surface area contributed by atoms with E-state index in [1.165, 1.54) is 13.8 Å². The van der Waals surface area contributed by atoms with E-state index in [1.54, 1.807) is 12.1 Å². The quantitative estimate of drug-likeness (QED) is 0.296. The number of ether oxygens (including phenoxy) is 3. The molecular weight excluding hydrogens is 600 g/mol. The molecule has 3 aliphatic heterocycles. The van der Waals surface area contributed by atoms with Crippen molar-refractivity contribution in [3.8, 4) is 0 Å². The van der Waals surface area contributed by atoms with E-state index in [1.807, 2.05) is 54.6 Å². The highest BCUT2D eigenvalue weighted by Gasteiger charge is 2.50. The molecule has 248 valence electrons. The Morgan fingerprint density at radius 2 is 1.77 bits per heavy atom. The van der Waals surface area contributed by atoms with E-state index in [0.717, 1.165) is 35.5 Å². The molecule has 3 N–H and O–H groups in total. The minimum Gasteiger partial charge on any atom is -0.453 e. The minimum absolute atomic E-state index is 0.0368. The van der Waals surface area contributed by atoms with E-state index in [4.69, 9.17) is 14.2 Å². The van der Waals surface area contributed by atoms with Crippen molar-refractivity contribution in [2.24, 2.45) is 0 Å². The van der Waals surface area contributed by atoms with E-state index >= 15 is 0 Å². The Kier molecular flexibility index (Phi) is 9.88. The van der Waals surface area contributed by atoms with Crippen LogP contribution in [0.5, 0.6) is 0 Å². The predicted octanol–water partition coefficient (Wildman–Crippen LogP) is 4.04. The van der Waals surface area contributed by atoms with Crippen LogP contribution >= 0.6 is 0 Å². The summed E-state index contributed by atoms with van der Waals surface area (Å²) in [6.07, 6.45) is -0.0324. The standard InChI is InChI=1S/C36H42N4O7/c1-24(45-25(2)42)33(43)38-29-8-6-7-28(19-29)34-46-31(20-32(47-34)27-13-11-26(22-41)12-14-27)21-39-17-15-36(16-18-39)35(44)37-23-40(36)30-9-4-3-5-10-30/h3-14,19,24,31-32,34,41H,15-18,20-23H2,1-2H3,(H,37,44)(H,38,43)/t24-,31+,32-,34-/m0/s1. The zero-order chi connectivity index (χ0) is 33.0. The van der Waals surface area contributed by atoms with Gasteiger partial charge >= 0.3 is 5.97 Å². The van der Waals surface area contributed by atoms with Gasteiger partial charge in [0, 0.05) is 49.9 Å². The Labute approximate surface area is 274 Å². The Morgan fingerprint density at radius 1 is 1.02 bits per heavy atom. The molecule has 11 nitrogen and oxygen atoms in total. The average Bonchev–Trinajstić information content (AvgIpc) is 3.40. The zero-order valence-corrected chi connectivity index (χ0v) is 26.8. The summed E-state index contributed by atoms with van der Waals surface area (Å²) >= 11 is 0. The molecule has 0 radical (unpaired) electrons. The number of aliphatic hydroxyl groups is 1. The molecule has 0 aliphatic carbocycles. The van der Waals surface area contributed by atoms with Crippen molar-refractivity contribution >= 4 is 29.2 Å². The number of para-hydroxylation sites is 1. The van der Waals surface area contributed by atoms with E-state index in [-0.39, 0.29) is 24.7 Å². The number of nitrogens with one attached hydrogen (secondary N) is 2. The van der Waals surface area contributed by atoms with Gasteiger partial charge in [0.2, 0.25) is 5.91 Å². The minimum atomic E-state index is -0.937. The molecule has 1 spiro atoms. The van der Waals surface area contributed by atoms with Crippen molar-refractivity contribution in [1.29, 1.82) is 0 Å². The van der Waals surface area contributed by atoms with Gasteiger partial charge in [-0.25, -0.2) is 0 Å². The molecule has 3 aromatic carbocycles. The second kappa shape index (κ2) is 14.2. The van der Waals surface area contributed by atoms with Crippen LogP contribution in [0.2, 0.25) is 0 Å². The third kappa shape index (κ3) is 7.33. The molecule has 0 saturated carbocycles. The summed E-state index contributed by atoms with van der Waals surface area (Å²) in [5.74, 6) is -0.880. The van der Waals surface area contributed by atoms with Crippen LogP contribution in [0.3, 0.4) is 0 Å². The summed E-state index contributed by atoms with van der Waals surface area (Å²) in [7, 11) is 0. The largest absolute Gasteiger partial charge is 0.453 e. The lowest BCUT2D eigenvalue weighted by Crippen LogP contribution is -2.57. The zero-order valence-electron chi connectivity index (χ0n) is 26.8. The molecular formula is C36H42N4O7. The lowest BCUT2D eigenvalue weighted by Gasteiger charge is -2.45. The molecule has 2 amide bonds. The number of hydrogen-bond acceptors (Lipinski definition) is 9. The van der Waals surface area contributed by atoms with Gasteiger partial charge in [0.1, 0.15) is 5.54 Å². The molecule has 3 saturated heterocycles. The fourth-order valence-corrected chi connectivity index (χ4v) is 6.77. The molecule has 3 aromatic rings. The number of nitrogens with zero attached hydrogens (tertiary/aromatic N) is 2. The van der Waals surface area contributed by atoms with Crippen LogP contribution < -0.4 is 15.5 Å². The third-order valence-corrected chi connectivity index (χ3v) is 9.30. The first-order valence-electron chi connectivity index (χ1n) is 16.2. The Morgan fingerprint density at radius 3 is 2.47 bits per heavy atom. The van der Waals surface area contributed by atoms with Crippen LogP contribution in [0, 0.1) is 0 Å². The number of benzene rings is 3. The summed E-state index contributed by atoms with van der Waals surface area (Å²) < 4.78 is 18.1. The summed E-state index contributed by atoms with van der Waals surface area (Å²) in [5.41, 5.74) is 3.56. The van der Waals surface area contributed by atoms with Crippen LogP contribution in [0.25, 0.3) is 0 Å². The number of esters is 1. The van der Waals surface area contributed by atoms with Crippen LogP contribution in [-0.2, 0) is 35.2 Å². The molecule has 11 heteroatoms. The van der Waals surface area contributed by atoms with Gasteiger partial charge in [-0.05, 0) is 55.2 Å². The number of amides is 2. The summed E-state index contributed by atoms with van der Waals surface area (Å²) in [5, 5.41) is 15.4. The van der Waals surface area contributed by atoms with Crippen molar-refractivity contribution < 1.29 is 33.7 Å². The predicted molar refractivity (Wildman–Crippen MR) is 175 cm³/mol. The van der Waals surface area contributed by atoms with Crippen LogP contribution in [0.1, 0.15) is 62.2 Å². The molecule has 3 aliphatic rings. The number of rotatable bonds is 9. The van der Waals surface area contributed by atoms with E-state index in [0.29, 0.717) is 38.2 Å². The highest BCUT2D eigenvalue weighted by Crippen LogP contribution is 2.40. The fraction of sp³-hybridized carbons (Fsp3) is 0.417. The Hall–Kier alpha value is -4.29. The number of carbonyl (C=O) groups excluding carboxylic acids is 3. The van der Waals surface area contributed by atoms with Gasteiger partial charge < -0.3 is 39.8 Å². The normalized spacial score (nSPS) is 23.3. The lowest BCUT2D eigenvalue weighted by atomic mass is 9.85. The third-order valence-electron chi connectivity index (χ3n) is 9.30. The van der Waals surface area contributed by atoms with Crippen molar-refractivity contribution in [1.82, 2.24) is 10.2 Å². The maximum atomic E-state index is 13.2. The SMILES string of the molecule is CC(=O)O[C@@H](C)C(=O)Nc1cccc([C@H]2O[C@@H](CN3CCC4(CC3)C(=O)NCN4c3ccccc3)C[C@@H](c3ccc(CO)cc3)O2)c1. The first kappa shape index (κ1) is 32.6. The molecule has 6 rings (SSSR count). The van der Waals surface area contributed by atoms with Crippen molar-refractivity contribution in [2.45, 2.75) is 69.9 Å². The second-order valence-electron chi connectivity index (χ2n) is 12.5.